The van der Waals surface area contributed by atoms with Crippen LogP contribution in [-0.2, 0) is 7.05 Å². The third-order valence-corrected chi connectivity index (χ3v) is 7.12. The first-order valence-corrected chi connectivity index (χ1v) is 12.4. The maximum Gasteiger partial charge on any atom is 0.302 e. The average molecular weight is 493 g/mol. The molecule has 9 heteroatoms. The molecule has 2 aromatic carbocycles. The van der Waals surface area contributed by atoms with Crippen LogP contribution in [-0.4, -0.2) is 55.8 Å². The summed E-state index contributed by atoms with van der Waals surface area (Å²) in [5.74, 6) is 0.934. The minimum atomic E-state index is 0.455. The molecule has 0 unspecified atom stereocenters. The van der Waals surface area contributed by atoms with Crippen LogP contribution in [0.2, 0.25) is 0 Å². The number of imidazole rings is 1. The molecule has 4 heterocycles. The van der Waals surface area contributed by atoms with Crippen molar-refractivity contribution in [1.29, 1.82) is 0 Å². The number of ether oxygens (including phenoxy) is 1. The first-order chi connectivity index (χ1) is 18.0. The van der Waals surface area contributed by atoms with Gasteiger partial charge in [-0.15, -0.1) is 0 Å². The minimum Gasteiger partial charge on any atom is -0.464 e. The number of nitrogen functional groups attached to an aromatic ring is 1. The van der Waals surface area contributed by atoms with E-state index in [1.165, 1.54) is 6.42 Å². The molecule has 5 aromatic rings. The SMILES string of the molecule is [C-]#[N+]c1ccc(-c2nc(OC[C@@H]3CCCN(C)C3)n3ccnc3c2-c2ccc3c(c2)c(N)nn3C)cc1. The third kappa shape index (κ3) is 4.15. The second kappa shape index (κ2) is 9.22. The second-order valence-electron chi connectivity index (χ2n) is 9.72. The molecule has 1 aliphatic heterocycles. The molecule has 6 rings (SSSR count). The Hall–Kier alpha value is -4.42. The van der Waals surface area contributed by atoms with Gasteiger partial charge in [-0.25, -0.2) is 9.83 Å². The smallest absolute Gasteiger partial charge is 0.302 e. The highest BCUT2D eigenvalue weighted by atomic mass is 16.5. The van der Waals surface area contributed by atoms with E-state index in [2.05, 4.69) is 21.9 Å². The van der Waals surface area contributed by atoms with Gasteiger partial charge in [0.1, 0.15) is 0 Å². The van der Waals surface area contributed by atoms with E-state index in [1.54, 1.807) is 10.9 Å². The fourth-order valence-corrected chi connectivity index (χ4v) is 5.27. The van der Waals surface area contributed by atoms with Crippen LogP contribution in [0.3, 0.4) is 0 Å². The Morgan fingerprint density at radius 2 is 1.95 bits per heavy atom. The summed E-state index contributed by atoms with van der Waals surface area (Å²) < 4.78 is 10.1. The molecule has 0 amide bonds. The molecule has 2 N–H and O–H groups in total. The summed E-state index contributed by atoms with van der Waals surface area (Å²) in [4.78, 5) is 15.7. The maximum absolute atomic E-state index is 7.33. The molecule has 0 bridgehead atoms. The second-order valence-corrected chi connectivity index (χ2v) is 9.72. The van der Waals surface area contributed by atoms with Gasteiger partial charge in [0.25, 0.3) is 0 Å². The molecule has 1 aliphatic rings. The Morgan fingerprint density at radius 3 is 2.73 bits per heavy atom. The summed E-state index contributed by atoms with van der Waals surface area (Å²) in [6.07, 6.45) is 5.98. The van der Waals surface area contributed by atoms with Gasteiger partial charge in [-0.05, 0) is 49.7 Å². The van der Waals surface area contributed by atoms with Crippen molar-refractivity contribution in [3.05, 3.63) is 66.3 Å². The van der Waals surface area contributed by atoms with E-state index in [0.29, 0.717) is 30.0 Å². The first kappa shape index (κ1) is 23.0. The van der Waals surface area contributed by atoms with Crippen LogP contribution in [0.1, 0.15) is 12.8 Å². The van der Waals surface area contributed by atoms with E-state index < -0.39 is 0 Å². The number of piperidine rings is 1. The third-order valence-electron chi connectivity index (χ3n) is 7.12. The van der Waals surface area contributed by atoms with Gasteiger partial charge in [-0.2, -0.15) is 10.1 Å². The van der Waals surface area contributed by atoms with Gasteiger partial charge < -0.3 is 15.4 Å². The average Bonchev–Trinajstić information content (AvgIpc) is 3.51. The Balaban J connectivity index is 1.51. The number of fused-ring (bicyclic) bond motifs is 2. The van der Waals surface area contributed by atoms with Gasteiger partial charge in [0.2, 0.25) is 0 Å². The van der Waals surface area contributed by atoms with Crippen molar-refractivity contribution in [3.63, 3.8) is 0 Å². The van der Waals surface area contributed by atoms with E-state index in [1.807, 2.05) is 60.1 Å². The summed E-state index contributed by atoms with van der Waals surface area (Å²) in [5, 5.41) is 5.25. The standard InChI is InChI=1S/C28H28N8O/c1-30-21-9-6-19(7-10-21)25-24(20-8-11-23-22(15-20)26(29)33-35(23)3)27-31-12-14-36(27)28(32-25)37-17-18-5-4-13-34(2)16-18/h6-12,14-15,18H,4-5,13,16-17H2,2-3H3,(H2,29,33)/t18-/m1/s1. The number of benzene rings is 2. The van der Waals surface area contributed by atoms with E-state index in [9.17, 15) is 0 Å². The van der Waals surface area contributed by atoms with Crippen LogP contribution >= 0.6 is 0 Å². The number of likely N-dealkylation sites (tertiary alicyclic amines) is 1. The quantitative estimate of drug-likeness (QED) is 0.354. The van der Waals surface area contributed by atoms with E-state index in [-0.39, 0.29) is 0 Å². The molecule has 0 radical (unpaired) electrons. The van der Waals surface area contributed by atoms with Crippen LogP contribution < -0.4 is 10.5 Å². The molecule has 1 atom stereocenters. The highest BCUT2D eigenvalue weighted by Crippen LogP contribution is 2.38. The van der Waals surface area contributed by atoms with E-state index in [0.717, 1.165) is 58.4 Å². The van der Waals surface area contributed by atoms with E-state index >= 15 is 0 Å². The lowest BCUT2D eigenvalue weighted by molar-refractivity contribution is 0.143. The van der Waals surface area contributed by atoms with Crippen molar-refractivity contribution in [2.75, 3.05) is 32.5 Å². The number of hydrogen-bond donors (Lipinski definition) is 1. The Labute approximate surface area is 214 Å². The van der Waals surface area contributed by atoms with Crippen molar-refractivity contribution in [2.45, 2.75) is 12.8 Å². The number of nitrogens with zero attached hydrogens (tertiary/aromatic N) is 7. The van der Waals surface area contributed by atoms with Crippen LogP contribution in [0.25, 0.3) is 43.8 Å². The topological polar surface area (TPSA) is 90.9 Å². The lowest BCUT2D eigenvalue weighted by Crippen LogP contribution is -2.35. The Bertz CT molecular complexity index is 1640. The van der Waals surface area contributed by atoms with Gasteiger partial charge in [0.05, 0.1) is 30.0 Å². The monoisotopic (exact) mass is 492 g/mol. The van der Waals surface area contributed by atoms with Crippen molar-refractivity contribution >= 4 is 28.1 Å². The number of aryl methyl sites for hydroxylation is 1. The highest BCUT2D eigenvalue weighted by molar-refractivity contribution is 5.97. The van der Waals surface area contributed by atoms with Crippen LogP contribution in [0.4, 0.5) is 11.5 Å². The lowest BCUT2D eigenvalue weighted by Gasteiger charge is -2.29. The zero-order valence-electron chi connectivity index (χ0n) is 20.9. The largest absolute Gasteiger partial charge is 0.464 e. The number of anilines is 1. The molecule has 0 spiro atoms. The summed E-state index contributed by atoms with van der Waals surface area (Å²) in [6.45, 7) is 10.1. The van der Waals surface area contributed by atoms with Crippen LogP contribution in [0.15, 0.2) is 54.9 Å². The predicted molar refractivity (Wildman–Crippen MR) is 145 cm³/mol. The minimum absolute atomic E-state index is 0.455. The van der Waals surface area contributed by atoms with Gasteiger partial charge in [-0.1, -0.05) is 30.3 Å². The van der Waals surface area contributed by atoms with Crippen molar-refractivity contribution < 1.29 is 4.74 Å². The van der Waals surface area contributed by atoms with Crippen molar-refractivity contribution in [2.24, 2.45) is 13.0 Å². The van der Waals surface area contributed by atoms with Crippen LogP contribution in [0, 0.1) is 12.5 Å². The first-order valence-electron chi connectivity index (χ1n) is 12.4. The van der Waals surface area contributed by atoms with Crippen LogP contribution in [0.5, 0.6) is 6.01 Å². The number of nitrogens with two attached hydrogens (primary N) is 1. The molecule has 37 heavy (non-hydrogen) atoms. The van der Waals surface area contributed by atoms with E-state index in [4.69, 9.17) is 27.0 Å². The number of hydrogen-bond acceptors (Lipinski definition) is 6. The molecule has 0 aliphatic carbocycles. The fourth-order valence-electron chi connectivity index (χ4n) is 5.27. The number of aromatic nitrogens is 5. The molecule has 9 nitrogen and oxygen atoms in total. The summed E-state index contributed by atoms with van der Waals surface area (Å²) in [6, 6.07) is 14.1. The zero-order valence-corrected chi connectivity index (χ0v) is 20.9. The molecule has 0 saturated carbocycles. The Morgan fingerprint density at radius 1 is 1.14 bits per heavy atom. The summed E-state index contributed by atoms with van der Waals surface area (Å²) >= 11 is 0. The molecular weight excluding hydrogens is 464 g/mol. The summed E-state index contributed by atoms with van der Waals surface area (Å²) in [7, 11) is 4.04. The molecule has 3 aromatic heterocycles. The van der Waals surface area contributed by atoms with Gasteiger partial charge >= 0.3 is 6.01 Å². The Kier molecular flexibility index (Phi) is 5.74. The lowest BCUT2D eigenvalue weighted by atomic mass is 9.98. The zero-order chi connectivity index (χ0) is 25.5. The maximum atomic E-state index is 7.33. The normalized spacial score (nSPS) is 16.3. The fraction of sp³-hybridized carbons (Fsp3) is 0.286. The van der Waals surface area contributed by atoms with Crippen molar-refractivity contribution in [3.8, 4) is 28.4 Å². The van der Waals surface area contributed by atoms with Gasteiger partial charge in [0.15, 0.2) is 17.2 Å². The molecular formula is C28H28N8O. The molecule has 1 fully saturated rings. The highest BCUT2D eigenvalue weighted by Gasteiger charge is 2.22. The predicted octanol–water partition coefficient (Wildman–Crippen LogP) is 4.80. The number of rotatable bonds is 5. The molecule has 1 saturated heterocycles. The molecule has 186 valence electrons. The summed E-state index contributed by atoms with van der Waals surface area (Å²) in [5.41, 5.74) is 11.9. The van der Waals surface area contributed by atoms with Gasteiger partial charge in [0, 0.05) is 37.3 Å². The van der Waals surface area contributed by atoms with Crippen molar-refractivity contribution in [1.82, 2.24) is 29.0 Å². The van der Waals surface area contributed by atoms with Gasteiger partial charge in [-0.3, -0.25) is 9.08 Å².